The van der Waals surface area contributed by atoms with Crippen molar-refractivity contribution < 1.29 is 19.1 Å². The first-order valence-corrected chi connectivity index (χ1v) is 8.42. The zero-order chi connectivity index (χ0) is 19.2. The lowest BCUT2D eigenvalue weighted by Gasteiger charge is -2.12. The van der Waals surface area contributed by atoms with E-state index in [1.165, 1.54) is 14.2 Å². The highest BCUT2D eigenvalue weighted by Crippen LogP contribution is 2.27. The minimum absolute atomic E-state index is 0.378. The topological polar surface area (TPSA) is 65.5 Å². The van der Waals surface area contributed by atoms with Crippen molar-refractivity contribution in [2.75, 3.05) is 14.2 Å². The summed E-state index contributed by atoms with van der Waals surface area (Å²) in [5, 5.41) is 0. The Kier molecular flexibility index (Phi) is 5.61. The number of esters is 2. The summed E-state index contributed by atoms with van der Waals surface area (Å²) in [6.07, 6.45) is 2.31. The second-order valence-electron chi connectivity index (χ2n) is 5.93. The van der Waals surface area contributed by atoms with Gasteiger partial charge in [0, 0.05) is 18.3 Å². The summed E-state index contributed by atoms with van der Waals surface area (Å²) in [5.74, 6) is -0.763. The van der Waals surface area contributed by atoms with Gasteiger partial charge in [-0.15, -0.1) is 0 Å². The number of methoxy groups -OCH3 is 2. The fourth-order valence-corrected chi connectivity index (χ4v) is 2.87. The molecule has 3 aromatic rings. The van der Waals surface area contributed by atoms with Gasteiger partial charge in [-0.25, -0.2) is 9.59 Å². The van der Waals surface area contributed by atoms with Crippen LogP contribution in [0.25, 0.3) is 11.1 Å². The van der Waals surface area contributed by atoms with Gasteiger partial charge in [0.2, 0.25) is 0 Å². The summed E-state index contributed by atoms with van der Waals surface area (Å²) < 4.78 is 9.58. The van der Waals surface area contributed by atoms with E-state index < -0.39 is 0 Å². The maximum Gasteiger partial charge on any atom is 0.337 e. The van der Waals surface area contributed by atoms with Crippen LogP contribution in [0, 0.1) is 0 Å². The van der Waals surface area contributed by atoms with Crippen LogP contribution in [-0.2, 0) is 15.9 Å². The highest BCUT2D eigenvalue weighted by atomic mass is 16.5. The first-order valence-electron chi connectivity index (χ1n) is 8.42. The van der Waals surface area contributed by atoms with Crippen LogP contribution in [0.15, 0.2) is 66.9 Å². The molecular formula is C22H19NO4. The molecule has 1 heterocycles. The molecule has 0 spiro atoms. The summed E-state index contributed by atoms with van der Waals surface area (Å²) in [5.41, 5.74) is 4.71. The van der Waals surface area contributed by atoms with Crippen LogP contribution < -0.4 is 0 Å². The number of hydrogen-bond donors (Lipinski definition) is 0. The summed E-state index contributed by atoms with van der Waals surface area (Å²) in [4.78, 5) is 27.9. The Bertz CT molecular complexity index is 950. The average Bonchev–Trinajstić information content (AvgIpc) is 2.73. The Morgan fingerprint density at radius 1 is 0.852 bits per heavy atom. The third-order valence-corrected chi connectivity index (χ3v) is 4.24. The van der Waals surface area contributed by atoms with Gasteiger partial charge in [-0.3, -0.25) is 4.98 Å². The molecular weight excluding hydrogens is 342 g/mol. The van der Waals surface area contributed by atoms with Crippen LogP contribution >= 0.6 is 0 Å². The monoisotopic (exact) mass is 361 g/mol. The normalized spacial score (nSPS) is 10.3. The molecule has 5 heteroatoms. The molecule has 0 aliphatic rings. The number of rotatable bonds is 5. The molecule has 3 rings (SSSR count). The molecule has 2 aromatic carbocycles. The van der Waals surface area contributed by atoms with E-state index in [1.54, 1.807) is 24.4 Å². The van der Waals surface area contributed by atoms with Crippen molar-refractivity contribution >= 4 is 11.9 Å². The lowest BCUT2D eigenvalue weighted by atomic mass is 9.94. The summed E-state index contributed by atoms with van der Waals surface area (Å²) >= 11 is 0. The smallest absolute Gasteiger partial charge is 0.337 e. The van der Waals surface area contributed by atoms with E-state index in [9.17, 15) is 9.59 Å². The number of carbonyl (C=O) groups excluding carboxylic acids is 2. The minimum Gasteiger partial charge on any atom is -0.465 e. The van der Waals surface area contributed by atoms with Crippen LogP contribution in [-0.4, -0.2) is 31.1 Å². The second-order valence-corrected chi connectivity index (χ2v) is 5.93. The van der Waals surface area contributed by atoms with Crippen molar-refractivity contribution in [2.24, 2.45) is 0 Å². The number of carbonyl (C=O) groups is 2. The van der Waals surface area contributed by atoms with Gasteiger partial charge in [0.15, 0.2) is 0 Å². The number of nitrogens with zero attached hydrogens (tertiary/aromatic N) is 1. The molecule has 0 bridgehead atoms. The zero-order valence-electron chi connectivity index (χ0n) is 15.1. The number of ether oxygens (including phenoxy) is 2. The number of pyridine rings is 1. The second kappa shape index (κ2) is 8.27. The first kappa shape index (κ1) is 18.3. The van der Waals surface area contributed by atoms with Crippen molar-refractivity contribution in [2.45, 2.75) is 6.42 Å². The largest absolute Gasteiger partial charge is 0.465 e. The molecule has 0 aliphatic heterocycles. The Balaban J connectivity index is 2.02. The van der Waals surface area contributed by atoms with Gasteiger partial charge in [-0.1, -0.05) is 24.3 Å². The van der Waals surface area contributed by atoms with Crippen LogP contribution in [0.1, 0.15) is 32.0 Å². The molecule has 1 aromatic heterocycles. The first-order chi connectivity index (χ1) is 13.1. The van der Waals surface area contributed by atoms with Gasteiger partial charge in [-0.05, 0) is 53.1 Å². The van der Waals surface area contributed by atoms with E-state index in [0.717, 1.165) is 22.4 Å². The van der Waals surface area contributed by atoms with E-state index in [0.29, 0.717) is 17.5 Å². The van der Waals surface area contributed by atoms with E-state index in [2.05, 4.69) is 4.98 Å². The predicted octanol–water partition coefficient (Wildman–Crippen LogP) is 3.91. The number of benzene rings is 2. The molecule has 0 N–H and O–H groups in total. The van der Waals surface area contributed by atoms with Crippen molar-refractivity contribution in [1.29, 1.82) is 0 Å². The predicted molar refractivity (Wildman–Crippen MR) is 102 cm³/mol. The van der Waals surface area contributed by atoms with Gasteiger partial charge in [0.05, 0.1) is 25.3 Å². The van der Waals surface area contributed by atoms with Gasteiger partial charge in [0.1, 0.15) is 0 Å². The van der Waals surface area contributed by atoms with Gasteiger partial charge < -0.3 is 9.47 Å². The number of hydrogen-bond acceptors (Lipinski definition) is 5. The Morgan fingerprint density at radius 3 is 2.15 bits per heavy atom. The SMILES string of the molecule is COC(=O)c1ccc(-c2ccc(C(=O)OC)cc2Cc2ccccn2)cc1. The summed E-state index contributed by atoms with van der Waals surface area (Å²) in [6.45, 7) is 0. The summed E-state index contributed by atoms with van der Waals surface area (Å²) in [6, 6.07) is 18.3. The van der Waals surface area contributed by atoms with Crippen molar-refractivity contribution in [1.82, 2.24) is 4.98 Å². The molecule has 0 atom stereocenters. The quantitative estimate of drug-likeness (QED) is 0.645. The fraction of sp³-hybridized carbons (Fsp3) is 0.136. The standard InChI is InChI=1S/C22H19NO4/c1-26-21(24)16-8-6-15(7-9-16)20-11-10-17(22(25)27-2)13-18(20)14-19-5-3-4-12-23-19/h3-13H,14H2,1-2H3. The van der Waals surface area contributed by atoms with Crippen molar-refractivity contribution in [3.63, 3.8) is 0 Å². The van der Waals surface area contributed by atoms with Gasteiger partial charge in [-0.2, -0.15) is 0 Å². The van der Waals surface area contributed by atoms with E-state index >= 15 is 0 Å². The molecule has 5 nitrogen and oxygen atoms in total. The van der Waals surface area contributed by atoms with E-state index in [1.807, 2.05) is 42.5 Å². The molecule has 0 saturated heterocycles. The minimum atomic E-state index is -0.384. The fourth-order valence-electron chi connectivity index (χ4n) is 2.87. The Hall–Kier alpha value is -3.47. The lowest BCUT2D eigenvalue weighted by Crippen LogP contribution is -2.04. The Morgan fingerprint density at radius 2 is 1.52 bits per heavy atom. The van der Waals surface area contributed by atoms with E-state index in [4.69, 9.17) is 9.47 Å². The Labute approximate surface area is 157 Å². The van der Waals surface area contributed by atoms with Gasteiger partial charge >= 0.3 is 11.9 Å². The molecule has 136 valence electrons. The maximum atomic E-state index is 11.9. The zero-order valence-corrected chi connectivity index (χ0v) is 15.1. The van der Waals surface area contributed by atoms with Crippen molar-refractivity contribution in [3.8, 4) is 11.1 Å². The highest BCUT2D eigenvalue weighted by molar-refractivity contribution is 5.91. The van der Waals surface area contributed by atoms with Crippen LogP contribution in [0.4, 0.5) is 0 Å². The third kappa shape index (κ3) is 4.20. The summed E-state index contributed by atoms with van der Waals surface area (Å²) in [7, 11) is 2.72. The third-order valence-electron chi connectivity index (χ3n) is 4.24. The van der Waals surface area contributed by atoms with E-state index in [-0.39, 0.29) is 11.9 Å². The maximum absolute atomic E-state index is 11.9. The molecule has 0 saturated carbocycles. The molecule has 0 aliphatic carbocycles. The molecule has 0 amide bonds. The van der Waals surface area contributed by atoms with Crippen LogP contribution in [0.5, 0.6) is 0 Å². The molecule has 0 radical (unpaired) electrons. The molecule has 0 unspecified atom stereocenters. The molecule has 27 heavy (non-hydrogen) atoms. The lowest BCUT2D eigenvalue weighted by molar-refractivity contribution is 0.0592. The van der Waals surface area contributed by atoms with Gasteiger partial charge in [0.25, 0.3) is 0 Å². The van der Waals surface area contributed by atoms with Crippen LogP contribution in [0.2, 0.25) is 0 Å². The highest BCUT2D eigenvalue weighted by Gasteiger charge is 2.13. The number of aromatic nitrogens is 1. The van der Waals surface area contributed by atoms with Crippen LogP contribution in [0.3, 0.4) is 0 Å². The average molecular weight is 361 g/mol. The molecule has 0 fully saturated rings. The van der Waals surface area contributed by atoms with Crippen molar-refractivity contribution in [3.05, 3.63) is 89.2 Å².